The maximum absolute atomic E-state index is 12.9. The van der Waals surface area contributed by atoms with Crippen molar-refractivity contribution in [3.8, 4) is 0 Å². The average molecular weight is 1090 g/mol. The minimum Gasteiger partial charge on any atom is -0.462 e. The van der Waals surface area contributed by atoms with E-state index in [2.05, 4.69) is 81.5 Å². The van der Waals surface area contributed by atoms with Gasteiger partial charge in [0.25, 0.3) is 0 Å². The van der Waals surface area contributed by atoms with Gasteiger partial charge < -0.3 is 14.2 Å². The molecule has 0 aromatic heterocycles. The van der Waals surface area contributed by atoms with E-state index < -0.39 is 6.10 Å². The molecule has 0 heterocycles. The lowest BCUT2D eigenvalue weighted by atomic mass is 10.0. The van der Waals surface area contributed by atoms with E-state index in [4.69, 9.17) is 14.2 Å². The number of carbonyl (C=O) groups excluding carboxylic acids is 3. The summed E-state index contributed by atoms with van der Waals surface area (Å²) in [5.74, 6) is -0.874. The lowest BCUT2D eigenvalue weighted by Gasteiger charge is -2.18. The molecule has 0 aliphatic carbocycles. The van der Waals surface area contributed by atoms with Crippen LogP contribution in [0.3, 0.4) is 0 Å². The van der Waals surface area contributed by atoms with E-state index in [1.165, 1.54) is 225 Å². The molecule has 6 heteroatoms. The number of hydrogen-bond donors (Lipinski definition) is 0. The molecule has 78 heavy (non-hydrogen) atoms. The Kier molecular flexibility index (Phi) is 64.2. The fraction of sp³-hybridized carbons (Fsp3) is 0.819. The lowest BCUT2D eigenvalue weighted by Crippen LogP contribution is -2.30. The highest BCUT2D eigenvalue weighted by atomic mass is 16.6. The van der Waals surface area contributed by atoms with Crippen molar-refractivity contribution < 1.29 is 28.6 Å². The summed E-state index contributed by atoms with van der Waals surface area (Å²) in [7, 11) is 0. The molecule has 0 N–H and O–H groups in total. The number of ether oxygens (including phenoxy) is 3. The minimum absolute atomic E-state index is 0.0779. The molecule has 0 saturated heterocycles. The Balaban J connectivity index is 4.33. The molecule has 0 amide bonds. The average Bonchev–Trinajstić information content (AvgIpc) is 3.44. The van der Waals surface area contributed by atoms with Gasteiger partial charge in [-0.3, -0.25) is 14.4 Å². The molecule has 0 aromatic rings. The maximum Gasteiger partial charge on any atom is 0.306 e. The first-order chi connectivity index (χ1) is 38.5. The van der Waals surface area contributed by atoms with Gasteiger partial charge in [-0.25, -0.2) is 0 Å². The van der Waals surface area contributed by atoms with Gasteiger partial charge in [0, 0.05) is 19.3 Å². The van der Waals surface area contributed by atoms with E-state index in [1.807, 2.05) is 0 Å². The van der Waals surface area contributed by atoms with Gasteiger partial charge >= 0.3 is 17.9 Å². The second-order valence-electron chi connectivity index (χ2n) is 23.1. The normalized spacial score (nSPS) is 12.4. The van der Waals surface area contributed by atoms with Crippen molar-refractivity contribution in [2.45, 2.75) is 367 Å². The van der Waals surface area contributed by atoms with E-state index in [0.29, 0.717) is 19.3 Å². The van der Waals surface area contributed by atoms with Crippen LogP contribution in [0.1, 0.15) is 361 Å². The van der Waals surface area contributed by atoms with Crippen molar-refractivity contribution >= 4 is 17.9 Å². The highest BCUT2D eigenvalue weighted by molar-refractivity contribution is 5.71. The third kappa shape index (κ3) is 63.9. The van der Waals surface area contributed by atoms with Crippen LogP contribution < -0.4 is 0 Å². The van der Waals surface area contributed by atoms with Crippen molar-refractivity contribution in [2.24, 2.45) is 0 Å². The van der Waals surface area contributed by atoms with Crippen LogP contribution in [0.2, 0.25) is 0 Å². The topological polar surface area (TPSA) is 78.9 Å². The number of rotatable bonds is 63. The summed E-state index contributed by atoms with van der Waals surface area (Å²) >= 11 is 0. The van der Waals surface area contributed by atoms with E-state index >= 15 is 0 Å². The second kappa shape index (κ2) is 66.6. The van der Waals surface area contributed by atoms with Crippen LogP contribution >= 0.6 is 0 Å². The Morgan fingerprint density at radius 3 is 0.795 bits per heavy atom. The summed E-state index contributed by atoms with van der Waals surface area (Å²) in [6.45, 7) is 6.57. The quantitative estimate of drug-likeness (QED) is 0.0261. The zero-order chi connectivity index (χ0) is 56.4. The number of unbranched alkanes of at least 4 members (excludes halogenated alkanes) is 42. The molecule has 0 aromatic carbocycles. The Labute approximate surface area is 485 Å². The summed E-state index contributed by atoms with van der Waals surface area (Å²) in [6, 6.07) is 0. The van der Waals surface area contributed by atoms with Crippen LogP contribution in [-0.2, 0) is 28.6 Å². The summed E-state index contributed by atoms with van der Waals surface area (Å²) < 4.78 is 17.0. The van der Waals surface area contributed by atoms with Crippen LogP contribution in [0.5, 0.6) is 0 Å². The zero-order valence-corrected chi connectivity index (χ0v) is 52.2. The molecule has 1 unspecified atom stereocenters. The van der Waals surface area contributed by atoms with Gasteiger partial charge in [-0.15, -0.1) is 0 Å². The van der Waals surface area contributed by atoms with Crippen LogP contribution in [0.25, 0.3) is 0 Å². The van der Waals surface area contributed by atoms with Crippen molar-refractivity contribution in [3.63, 3.8) is 0 Å². The second-order valence-corrected chi connectivity index (χ2v) is 23.1. The molecular formula is C72H130O6. The summed E-state index contributed by atoms with van der Waals surface area (Å²) in [5.41, 5.74) is 0. The predicted molar refractivity (Wildman–Crippen MR) is 339 cm³/mol. The molecule has 1 atom stereocenters. The summed E-state index contributed by atoms with van der Waals surface area (Å²) in [4.78, 5) is 38.4. The minimum atomic E-state index is -0.784. The molecule has 0 bridgehead atoms. The largest absolute Gasteiger partial charge is 0.462 e. The van der Waals surface area contributed by atoms with Crippen LogP contribution in [0.4, 0.5) is 0 Å². The lowest BCUT2D eigenvalue weighted by molar-refractivity contribution is -0.167. The Morgan fingerprint density at radius 2 is 0.500 bits per heavy atom. The molecule has 0 rings (SSSR count). The van der Waals surface area contributed by atoms with Gasteiger partial charge in [0.15, 0.2) is 6.10 Å². The third-order valence-electron chi connectivity index (χ3n) is 15.3. The Bertz CT molecular complexity index is 1390. The molecule has 0 radical (unpaired) electrons. The fourth-order valence-electron chi connectivity index (χ4n) is 10.1. The van der Waals surface area contributed by atoms with Crippen LogP contribution in [-0.4, -0.2) is 37.2 Å². The number of esters is 3. The van der Waals surface area contributed by atoms with E-state index in [-0.39, 0.29) is 31.1 Å². The molecule has 0 fully saturated rings. The van der Waals surface area contributed by atoms with E-state index in [0.717, 1.165) is 96.3 Å². The molecule has 0 saturated carbocycles. The maximum atomic E-state index is 12.9. The van der Waals surface area contributed by atoms with Gasteiger partial charge in [0.05, 0.1) is 0 Å². The van der Waals surface area contributed by atoms with Crippen LogP contribution in [0.15, 0.2) is 60.8 Å². The van der Waals surface area contributed by atoms with Crippen molar-refractivity contribution in [1.82, 2.24) is 0 Å². The van der Waals surface area contributed by atoms with E-state index in [1.54, 1.807) is 0 Å². The van der Waals surface area contributed by atoms with E-state index in [9.17, 15) is 14.4 Å². The van der Waals surface area contributed by atoms with Crippen molar-refractivity contribution in [2.75, 3.05) is 13.2 Å². The highest BCUT2D eigenvalue weighted by Gasteiger charge is 2.19. The number of carbonyl (C=O) groups is 3. The van der Waals surface area contributed by atoms with Gasteiger partial charge in [0.2, 0.25) is 0 Å². The smallest absolute Gasteiger partial charge is 0.306 e. The molecule has 6 nitrogen and oxygen atoms in total. The van der Waals surface area contributed by atoms with Crippen LogP contribution in [0, 0.1) is 0 Å². The van der Waals surface area contributed by atoms with Gasteiger partial charge in [-0.1, -0.05) is 319 Å². The predicted octanol–water partition coefficient (Wildman–Crippen LogP) is 23.5. The SMILES string of the molecule is CC/C=C\C/C=C\C/C=C\C/C=C\CCCCCCCCC(=O)OC(COC(=O)CCCCCCCCC/C=C\CCCCCCCC)COC(=O)CCCCCCCCCCCCCCCCCCCCCCCCCC. The molecular weight excluding hydrogens is 961 g/mol. The first kappa shape index (κ1) is 75.1. The Hall–Kier alpha value is -2.89. The van der Waals surface area contributed by atoms with Gasteiger partial charge in [-0.05, 0) is 83.5 Å². The number of allylic oxidation sites excluding steroid dienone is 10. The number of hydrogen-bond acceptors (Lipinski definition) is 6. The molecule has 0 aliphatic heterocycles. The highest BCUT2D eigenvalue weighted by Crippen LogP contribution is 2.18. The van der Waals surface area contributed by atoms with Crippen molar-refractivity contribution in [1.29, 1.82) is 0 Å². The first-order valence-electron chi connectivity index (χ1n) is 34.3. The molecule has 454 valence electrons. The monoisotopic (exact) mass is 1090 g/mol. The van der Waals surface area contributed by atoms with Gasteiger partial charge in [0.1, 0.15) is 13.2 Å². The fourth-order valence-corrected chi connectivity index (χ4v) is 10.1. The molecule has 0 aliphatic rings. The summed E-state index contributed by atoms with van der Waals surface area (Å²) in [5, 5.41) is 0. The molecule has 0 spiro atoms. The third-order valence-corrected chi connectivity index (χ3v) is 15.3. The zero-order valence-electron chi connectivity index (χ0n) is 52.2. The van der Waals surface area contributed by atoms with Gasteiger partial charge in [-0.2, -0.15) is 0 Å². The Morgan fingerprint density at radius 1 is 0.269 bits per heavy atom. The standard InChI is InChI=1S/C72H130O6/c1-4-7-10-13-16-19-22-25-28-31-33-34-35-36-37-39-41-44-47-50-53-56-59-62-65-71(74)77-68-69(67-76-70(73)64-61-58-55-52-49-46-43-40-30-27-24-21-18-15-12-9-6-3)78-72(75)66-63-60-57-54-51-48-45-42-38-32-29-26-23-20-17-14-11-8-5-2/h8,11,17,20,26-27,29-30,38,42,69H,4-7,9-10,12-16,18-19,21-25,28,31-37,39-41,43-68H2,1-3H3/b11-8-,20-17-,29-26-,30-27-,42-38-. The summed E-state index contributed by atoms with van der Waals surface area (Å²) in [6.07, 6.45) is 85.2. The van der Waals surface area contributed by atoms with Crippen molar-refractivity contribution in [3.05, 3.63) is 60.8 Å². The first-order valence-corrected chi connectivity index (χ1v) is 34.3.